The SMILES string of the molecule is Fc1ccc(Br)cc1OCCN1CCCCC1. The van der Waals surface area contributed by atoms with E-state index >= 15 is 0 Å². The maximum Gasteiger partial charge on any atom is 0.165 e. The molecule has 0 spiro atoms. The molecule has 0 atom stereocenters. The van der Waals surface area contributed by atoms with E-state index in [9.17, 15) is 4.39 Å². The fourth-order valence-corrected chi connectivity index (χ4v) is 2.40. The number of nitrogens with zero attached hydrogens (tertiary/aromatic N) is 1. The van der Waals surface area contributed by atoms with Crippen molar-refractivity contribution >= 4 is 15.9 Å². The van der Waals surface area contributed by atoms with Crippen LogP contribution in [0.2, 0.25) is 0 Å². The highest BCUT2D eigenvalue weighted by atomic mass is 79.9. The third-order valence-corrected chi connectivity index (χ3v) is 3.50. The molecule has 0 aliphatic carbocycles. The van der Waals surface area contributed by atoms with Gasteiger partial charge < -0.3 is 4.74 Å². The van der Waals surface area contributed by atoms with E-state index in [1.165, 1.54) is 25.3 Å². The summed E-state index contributed by atoms with van der Waals surface area (Å²) in [5, 5.41) is 0. The number of halogens is 2. The second kappa shape index (κ2) is 6.36. The van der Waals surface area contributed by atoms with E-state index in [0.29, 0.717) is 12.4 Å². The molecule has 0 unspecified atom stereocenters. The van der Waals surface area contributed by atoms with Gasteiger partial charge in [0.1, 0.15) is 6.61 Å². The molecule has 94 valence electrons. The number of ether oxygens (including phenoxy) is 1. The summed E-state index contributed by atoms with van der Waals surface area (Å²) < 4.78 is 19.7. The second-order valence-corrected chi connectivity index (χ2v) is 5.24. The zero-order valence-corrected chi connectivity index (χ0v) is 11.4. The molecule has 0 saturated carbocycles. The minimum Gasteiger partial charge on any atom is -0.489 e. The zero-order chi connectivity index (χ0) is 12.1. The summed E-state index contributed by atoms with van der Waals surface area (Å²) in [6, 6.07) is 4.76. The Morgan fingerprint density at radius 1 is 1.24 bits per heavy atom. The number of likely N-dealkylation sites (tertiary alicyclic amines) is 1. The molecular formula is C13H17BrFNO. The van der Waals surface area contributed by atoms with Gasteiger partial charge in [-0.25, -0.2) is 4.39 Å². The van der Waals surface area contributed by atoms with Crippen LogP contribution in [-0.4, -0.2) is 31.1 Å². The van der Waals surface area contributed by atoms with Gasteiger partial charge in [-0.15, -0.1) is 0 Å². The highest BCUT2D eigenvalue weighted by molar-refractivity contribution is 9.10. The number of hydrogen-bond acceptors (Lipinski definition) is 2. The van der Waals surface area contributed by atoms with Crippen molar-refractivity contribution in [1.29, 1.82) is 0 Å². The van der Waals surface area contributed by atoms with Crippen LogP contribution in [0.25, 0.3) is 0 Å². The minimum absolute atomic E-state index is 0.299. The van der Waals surface area contributed by atoms with Crippen LogP contribution in [0.4, 0.5) is 4.39 Å². The van der Waals surface area contributed by atoms with Gasteiger partial charge in [0, 0.05) is 11.0 Å². The Hall–Kier alpha value is -0.610. The average molecular weight is 302 g/mol. The molecule has 1 fully saturated rings. The van der Waals surface area contributed by atoms with Crippen LogP contribution >= 0.6 is 15.9 Å². The first kappa shape index (κ1) is 12.8. The zero-order valence-electron chi connectivity index (χ0n) is 9.79. The quantitative estimate of drug-likeness (QED) is 0.844. The lowest BCUT2D eigenvalue weighted by atomic mass is 10.1. The molecule has 1 aliphatic rings. The molecule has 17 heavy (non-hydrogen) atoms. The third kappa shape index (κ3) is 3.96. The first-order chi connectivity index (χ1) is 8.25. The average Bonchev–Trinajstić information content (AvgIpc) is 2.35. The molecule has 0 aromatic heterocycles. The van der Waals surface area contributed by atoms with Crippen molar-refractivity contribution in [2.24, 2.45) is 0 Å². The van der Waals surface area contributed by atoms with Crippen molar-refractivity contribution in [2.75, 3.05) is 26.2 Å². The van der Waals surface area contributed by atoms with Crippen molar-refractivity contribution in [3.63, 3.8) is 0 Å². The van der Waals surface area contributed by atoms with Crippen LogP contribution in [0.15, 0.2) is 22.7 Å². The maximum atomic E-state index is 13.4. The molecular weight excluding hydrogens is 285 g/mol. The molecule has 1 aromatic carbocycles. The minimum atomic E-state index is -0.299. The molecule has 4 heteroatoms. The van der Waals surface area contributed by atoms with Gasteiger partial charge in [0.25, 0.3) is 0 Å². The summed E-state index contributed by atoms with van der Waals surface area (Å²) in [4.78, 5) is 2.37. The maximum absolute atomic E-state index is 13.4. The lowest BCUT2D eigenvalue weighted by Crippen LogP contribution is -2.33. The smallest absolute Gasteiger partial charge is 0.165 e. The van der Waals surface area contributed by atoms with E-state index in [1.807, 2.05) is 0 Å². The fourth-order valence-electron chi connectivity index (χ4n) is 2.06. The molecule has 1 aromatic rings. The first-order valence-electron chi connectivity index (χ1n) is 6.06. The van der Waals surface area contributed by atoms with Crippen LogP contribution in [-0.2, 0) is 0 Å². The molecule has 1 aliphatic heterocycles. The van der Waals surface area contributed by atoms with E-state index in [1.54, 1.807) is 12.1 Å². The normalized spacial score (nSPS) is 17.1. The summed E-state index contributed by atoms with van der Waals surface area (Å²) in [5.74, 6) is 0.0308. The predicted octanol–water partition coefficient (Wildman–Crippen LogP) is 3.45. The topological polar surface area (TPSA) is 12.5 Å². The van der Waals surface area contributed by atoms with Gasteiger partial charge >= 0.3 is 0 Å². The monoisotopic (exact) mass is 301 g/mol. The van der Waals surface area contributed by atoms with Gasteiger partial charge in [-0.05, 0) is 44.1 Å². The van der Waals surface area contributed by atoms with Crippen LogP contribution in [0.3, 0.4) is 0 Å². The summed E-state index contributed by atoms with van der Waals surface area (Å²) in [7, 11) is 0. The highest BCUT2D eigenvalue weighted by Crippen LogP contribution is 2.22. The van der Waals surface area contributed by atoms with Crippen LogP contribution in [0.5, 0.6) is 5.75 Å². The standard InChI is InChI=1S/C13H17BrFNO/c14-11-4-5-12(15)13(10-11)17-9-8-16-6-2-1-3-7-16/h4-5,10H,1-3,6-9H2. The summed E-state index contributed by atoms with van der Waals surface area (Å²) in [6.07, 6.45) is 3.87. The van der Waals surface area contributed by atoms with Gasteiger partial charge in [-0.1, -0.05) is 22.4 Å². The van der Waals surface area contributed by atoms with Gasteiger partial charge in [0.05, 0.1) is 0 Å². The van der Waals surface area contributed by atoms with Crippen LogP contribution in [0, 0.1) is 5.82 Å². The fraction of sp³-hybridized carbons (Fsp3) is 0.538. The molecule has 0 radical (unpaired) electrons. The summed E-state index contributed by atoms with van der Waals surface area (Å²) in [5.41, 5.74) is 0. The molecule has 0 amide bonds. The second-order valence-electron chi connectivity index (χ2n) is 4.33. The van der Waals surface area contributed by atoms with Gasteiger partial charge in [-0.3, -0.25) is 4.90 Å². The molecule has 1 heterocycles. The number of benzene rings is 1. The Balaban J connectivity index is 1.79. The third-order valence-electron chi connectivity index (χ3n) is 3.01. The number of rotatable bonds is 4. The molecule has 0 bridgehead atoms. The Morgan fingerprint density at radius 3 is 2.76 bits per heavy atom. The Bertz CT molecular complexity index is 366. The first-order valence-corrected chi connectivity index (χ1v) is 6.85. The van der Waals surface area contributed by atoms with E-state index in [4.69, 9.17) is 4.74 Å². The van der Waals surface area contributed by atoms with Crippen molar-refractivity contribution < 1.29 is 9.13 Å². The Kier molecular flexibility index (Phi) is 4.80. The Labute approximate surface area is 110 Å². The lowest BCUT2D eigenvalue weighted by molar-refractivity contribution is 0.180. The van der Waals surface area contributed by atoms with Gasteiger partial charge in [0.2, 0.25) is 0 Å². The van der Waals surface area contributed by atoms with Crippen LogP contribution < -0.4 is 4.74 Å². The Morgan fingerprint density at radius 2 is 2.00 bits per heavy atom. The molecule has 1 saturated heterocycles. The predicted molar refractivity (Wildman–Crippen MR) is 69.9 cm³/mol. The summed E-state index contributed by atoms with van der Waals surface area (Å²) >= 11 is 3.31. The van der Waals surface area contributed by atoms with Gasteiger partial charge in [0.15, 0.2) is 11.6 Å². The van der Waals surface area contributed by atoms with Crippen LogP contribution in [0.1, 0.15) is 19.3 Å². The highest BCUT2D eigenvalue weighted by Gasteiger charge is 2.10. The van der Waals surface area contributed by atoms with E-state index in [0.717, 1.165) is 24.1 Å². The number of piperidine rings is 1. The van der Waals surface area contributed by atoms with Crippen molar-refractivity contribution in [3.05, 3.63) is 28.5 Å². The molecule has 2 rings (SSSR count). The molecule has 2 nitrogen and oxygen atoms in total. The number of hydrogen-bond donors (Lipinski definition) is 0. The lowest BCUT2D eigenvalue weighted by Gasteiger charge is -2.26. The van der Waals surface area contributed by atoms with E-state index in [2.05, 4.69) is 20.8 Å². The largest absolute Gasteiger partial charge is 0.489 e. The van der Waals surface area contributed by atoms with Crippen molar-refractivity contribution in [3.8, 4) is 5.75 Å². The van der Waals surface area contributed by atoms with Crippen molar-refractivity contribution in [2.45, 2.75) is 19.3 Å². The summed E-state index contributed by atoms with van der Waals surface area (Å²) in [6.45, 7) is 3.72. The molecule has 0 N–H and O–H groups in total. The van der Waals surface area contributed by atoms with E-state index in [-0.39, 0.29) is 5.82 Å². The van der Waals surface area contributed by atoms with Gasteiger partial charge in [-0.2, -0.15) is 0 Å². The van der Waals surface area contributed by atoms with Crippen molar-refractivity contribution in [1.82, 2.24) is 4.90 Å². The van der Waals surface area contributed by atoms with E-state index < -0.39 is 0 Å².